The third-order valence-electron chi connectivity index (χ3n) is 5.61. The molecule has 0 N–H and O–H groups in total. The molecule has 0 unspecified atom stereocenters. The third-order valence-corrected chi connectivity index (χ3v) is 7.52. The maximum absolute atomic E-state index is 13.0. The second-order valence-corrected chi connectivity index (χ2v) is 9.53. The zero-order chi connectivity index (χ0) is 21.7. The maximum atomic E-state index is 13.0. The lowest BCUT2D eigenvalue weighted by Crippen LogP contribution is -2.44. The molecule has 0 aliphatic carbocycles. The van der Waals surface area contributed by atoms with E-state index in [2.05, 4.69) is 0 Å². The Morgan fingerprint density at radius 3 is 2.13 bits per heavy atom. The Bertz CT molecular complexity index is 980. The van der Waals surface area contributed by atoms with Gasteiger partial charge in [-0.3, -0.25) is 9.59 Å². The van der Waals surface area contributed by atoms with Crippen LogP contribution in [-0.4, -0.2) is 48.9 Å². The van der Waals surface area contributed by atoms with Gasteiger partial charge in [-0.25, -0.2) is 8.42 Å². The molecule has 1 aliphatic heterocycles. The number of carbonyl (C=O) groups excluding carboxylic acids is 2. The van der Waals surface area contributed by atoms with Crippen molar-refractivity contribution in [2.24, 2.45) is 5.92 Å². The number of sulfonamides is 1. The predicted octanol–water partition coefficient (Wildman–Crippen LogP) is 3.34. The van der Waals surface area contributed by atoms with Crippen LogP contribution in [0.3, 0.4) is 0 Å². The quantitative estimate of drug-likeness (QED) is 0.634. The second kappa shape index (κ2) is 9.53. The number of rotatable bonds is 7. The van der Waals surface area contributed by atoms with Crippen molar-refractivity contribution in [3.05, 3.63) is 65.7 Å². The van der Waals surface area contributed by atoms with Gasteiger partial charge in [-0.15, -0.1) is 0 Å². The molecule has 1 fully saturated rings. The zero-order valence-electron chi connectivity index (χ0n) is 17.5. The molecule has 0 spiro atoms. The van der Waals surface area contributed by atoms with Crippen molar-refractivity contribution in [2.45, 2.75) is 38.1 Å². The van der Waals surface area contributed by atoms with Crippen LogP contribution in [0.5, 0.6) is 0 Å². The number of benzene rings is 2. The van der Waals surface area contributed by atoms with Gasteiger partial charge < -0.3 is 4.90 Å². The molecule has 1 saturated heterocycles. The Morgan fingerprint density at radius 2 is 1.60 bits per heavy atom. The van der Waals surface area contributed by atoms with E-state index in [1.165, 1.54) is 35.5 Å². The normalized spacial score (nSPS) is 15.7. The Hall–Kier alpha value is -2.51. The van der Waals surface area contributed by atoms with E-state index in [4.69, 9.17) is 0 Å². The fraction of sp³-hybridized carbons (Fsp3) is 0.391. The number of amides is 1. The average Bonchev–Trinajstić information content (AvgIpc) is 2.78. The molecule has 0 atom stereocenters. The number of hydrogen-bond donors (Lipinski definition) is 0. The Labute approximate surface area is 178 Å². The molecule has 0 aromatic heterocycles. The molecular weight excluding hydrogens is 400 g/mol. The van der Waals surface area contributed by atoms with Crippen LogP contribution in [0.1, 0.15) is 42.6 Å². The Kier molecular flexibility index (Phi) is 7.05. The monoisotopic (exact) mass is 428 g/mol. The van der Waals surface area contributed by atoms with Crippen molar-refractivity contribution in [2.75, 3.05) is 19.6 Å². The van der Waals surface area contributed by atoms with Gasteiger partial charge in [-0.2, -0.15) is 4.31 Å². The summed E-state index contributed by atoms with van der Waals surface area (Å²) in [5.74, 6) is -0.182. The molecule has 3 rings (SSSR count). The van der Waals surface area contributed by atoms with E-state index >= 15 is 0 Å². The summed E-state index contributed by atoms with van der Waals surface area (Å²) >= 11 is 0. The summed E-state index contributed by atoms with van der Waals surface area (Å²) in [4.78, 5) is 26.4. The van der Waals surface area contributed by atoms with Gasteiger partial charge in [-0.05, 0) is 44.4 Å². The average molecular weight is 429 g/mol. The van der Waals surface area contributed by atoms with Crippen LogP contribution < -0.4 is 0 Å². The fourth-order valence-electron chi connectivity index (χ4n) is 3.76. The molecule has 1 amide bonds. The molecule has 0 radical (unpaired) electrons. The summed E-state index contributed by atoms with van der Waals surface area (Å²) in [6, 6.07) is 15.9. The first-order valence-electron chi connectivity index (χ1n) is 10.3. The number of ketones is 1. The number of piperidine rings is 1. The van der Waals surface area contributed by atoms with Crippen LogP contribution in [0.4, 0.5) is 0 Å². The van der Waals surface area contributed by atoms with Gasteiger partial charge in [0.25, 0.3) is 0 Å². The number of carbonyl (C=O) groups is 2. The van der Waals surface area contributed by atoms with Crippen LogP contribution in [0.25, 0.3) is 0 Å². The highest BCUT2D eigenvalue weighted by molar-refractivity contribution is 7.89. The van der Waals surface area contributed by atoms with Crippen LogP contribution in [0.15, 0.2) is 59.5 Å². The van der Waals surface area contributed by atoms with Crippen molar-refractivity contribution < 1.29 is 18.0 Å². The minimum absolute atomic E-state index is 0.0872. The van der Waals surface area contributed by atoms with Crippen molar-refractivity contribution in [1.82, 2.24) is 9.21 Å². The number of nitrogens with zero attached hydrogens (tertiary/aromatic N) is 2. The molecule has 7 heteroatoms. The maximum Gasteiger partial charge on any atom is 0.243 e. The van der Waals surface area contributed by atoms with Crippen molar-refractivity contribution >= 4 is 21.7 Å². The molecule has 0 bridgehead atoms. The van der Waals surface area contributed by atoms with Gasteiger partial charge in [0.2, 0.25) is 15.9 Å². The van der Waals surface area contributed by atoms with Gasteiger partial charge in [0.1, 0.15) is 0 Å². The fourth-order valence-corrected chi connectivity index (χ4v) is 5.23. The number of Topliss-reactive ketones (excluding diaryl/α,β-unsaturated/α-hetero) is 1. The lowest BCUT2D eigenvalue weighted by Gasteiger charge is -2.33. The Morgan fingerprint density at radius 1 is 1.00 bits per heavy atom. The van der Waals surface area contributed by atoms with Crippen LogP contribution in [0.2, 0.25) is 0 Å². The molecule has 2 aromatic carbocycles. The molecular formula is C23H28N2O4S. The first-order chi connectivity index (χ1) is 14.3. The standard InChI is InChI=1S/C23H28N2O4S/c1-3-24(17-19-7-5-4-6-8-19)23(27)21-13-15-25(16-14-21)30(28,29)22-11-9-20(10-12-22)18(2)26/h4-12,21H,3,13-17H2,1-2H3. The smallest absolute Gasteiger partial charge is 0.243 e. The highest BCUT2D eigenvalue weighted by Gasteiger charge is 2.33. The molecule has 6 nitrogen and oxygen atoms in total. The lowest BCUT2D eigenvalue weighted by atomic mass is 9.96. The van der Waals surface area contributed by atoms with E-state index in [-0.39, 0.29) is 22.5 Å². The summed E-state index contributed by atoms with van der Waals surface area (Å²) in [6.07, 6.45) is 1.02. The first-order valence-corrected chi connectivity index (χ1v) is 11.7. The zero-order valence-corrected chi connectivity index (χ0v) is 18.3. The van der Waals surface area contributed by atoms with Crippen LogP contribution >= 0.6 is 0 Å². The summed E-state index contributed by atoms with van der Waals surface area (Å²) in [5.41, 5.74) is 1.57. The van der Waals surface area contributed by atoms with Gasteiger partial charge in [0, 0.05) is 37.7 Å². The van der Waals surface area contributed by atoms with E-state index < -0.39 is 10.0 Å². The van der Waals surface area contributed by atoms with E-state index in [1.54, 1.807) is 0 Å². The van der Waals surface area contributed by atoms with Crippen LogP contribution in [-0.2, 0) is 21.4 Å². The van der Waals surface area contributed by atoms with Gasteiger partial charge in [0.05, 0.1) is 4.90 Å². The summed E-state index contributed by atoms with van der Waals surface area (Å²) in [6.45, 7) is 5.23. The van der Waals surface area contributed by atoms with Crippen molar-refractivity contribution in [1.29, 1.82) is 0 Å². The molecule has 0 saturated carbocycles. The molecule has 160 valence electrons. The summed E-state index contributed by atoms with van der Waals surface area (Å²) in [7, 11) is -3.63. The van der Waals surface area contributed by atoms with Gasteiger partial charge in [-0.1, -0.05) is 42.5 Å². The minimum atomic E-state index is -3.63. The number of hydrogen-bond acceptors (Lipinski definition) is 4. The minimum Gasteiger partial charge on any atom is -0.338 e. The summed E-state index contributed by atoms with van der Waals surface area (Å²) in [5, 5.41) is 0. The van der Waals surface area contributed by atoms with Crippen molar-refractivity contribution in [3.8, 4) is 0 Å². The van der Waals surface area contributed by atoms with Gasteiger partial charge in [0.15, 0.2) is 5.78 Å². The topological polar surface area (TPSA) is 74.8 Å². The Balaban J connectivity index is 1.63. The predicted molar refractivity (Wildman–Crippen MR) is 115 cm³/mol. The SMILES string of the molecule is CCN(Cc1ccccc1)C(=O)C1CCN(S(=O)(=O)c2ccc(C(C)=O)cc2)CC1. The molecule has 30 heavy (non-hydrogen) atoms. The highest BCUT2D eigenvalue weighted by Crippen LogP contribution is 2.26. The van der Waals surface area contributed by atoms with E-state index in [0.29, 0.717) is 44.6 Å². The van der Waals surface area contributed by atoms with Crippen molar-refractivity contribution in [3.63, 3.8) is 0 Å². The highest BCUT2D eigenvalue weighted by atomic mass is 32.2. The van der Waals surface area contributed by atoms with E-state index in [1.807, 2.05) is 42.2 Å². The first kappa shape index (κ1) is 22.2. The second-order valence-electron chi connectivity index (χ2n) is 7.60. The van der Waals surface area contributed by atoms with E-state index in [0.717, 1.165) is 5.56 Å². The third kappa shape index (κ3) is 4.96. The summed E-state index contributed by atoms with van der Waals surface area (Å²) < 4.78 is 27.3. The molecule has 2 aromatic rings. The molecule has 1 heterocycles. The molecule has 1 aliphatic rings. The largest absolute Gasteiger partial charge is 0.338 e. The van der Waals surface area contributed by atoms with E-state index in [9.17, 15) is 18.0 Å². The lowest BCUT2D eigenvalue weighted by molar-refractivity contribution is -0.137. The van der Waals surface area contributed by atoms with Crippen LogP contribution in [0, 0.1) is 5.92 Å². The van der Waals surface area contributed by atoms with Gasteiger partial charge >= 0.3 is 0 Å².